The molecule has 0 unspecified atom stereocenters. The van der Waals surface area contributed by atoms with Crippen molar-refractivity contribution in [2.75, 3.05) is 47.1 Å². The Balaban J connectivity index is 2.65. The van der Waals surface area contributed by atoms with Gasteiger partial charge in [0.05, 0.1) is 6.54 Å². The Morgan fingerprint density at radius 2 is 0.788 bits per heavy atom. The summed E-state index contributed by atoms with van der Waals surface area (Å²) in [6.07, 6.45) is 37.2. The lowest BCUT2D eigenvalue weighted by Crippen LogP contribution is -2.40. The third kappa shape index (κ3) is 28.7. The van der Waals surface area contributed by atoms with E-state index in [1.54, 1.807) is 0 Å². The van der Waals surface area contributed by atoms with Crippen molar-refractivity contribution in [1.29, 1.82) is 0 Å². The quantitative estimate of drug-likeness (QED) is 0.0458. The summed E-state index contributed by atoms with van der Waals surface area (Å²) in [5, 5.41) is 0. The predicted molar refractivity (Wildman–Crippen MR) is 219 cm³/mol. The summed E-state index contributed by atoms with van der Waals surface area (Å²) in [6, 6.07) is 0. The van der Waals surface area contributed by atoms with E-state index in [9.17, 15) is 4.79 Å². The van der Waals surface area contributed by atoms with E-state index in [0.29, 0.717) is 19.8 Å². The molecule has 52 heavy (non-hydrogen) atoms. The van der Waals surface area contributed by atoms with Gasteiger partial charge in [0.2, 0.25) is 0 Å². The van der Waals surface area contributed by atoms with Crippen molar-refractivity contribution < 1.29 is 28.5 Å². The fourth-order valence-electron chi connectivity index (χ4n) is 7.22. The fourth-order valence-corrected chi connectivity index (χ4v) is 7.22. The van der Waals surface area contributed by atoms with Crippen molar-refractivity contribution >= 4 is 5.97 Å². The van der Waals surface area contributed by atoms with Gasteiger partial charge in [-0.2, -0.15) is 0 Å². The Bertz CT molecular complexity index is 751. The summed E-state index contributed by atoms with van der Waals surface area (Å²) < 4.78 is 31.7. The Morgan fingerprint density at radius 1 is 0.462 bits per heavy atom. The molecule has 0 aliphatic carbocycles. The second kappa shape index (κ2) is 37.2. The van der Waals surface area contributed by atoms with Crippen LogP contribution in [0.1, 0.15) is 213 Å². The van der Waals surface area contributed by atoms with E-state index in [-0.39, 0.29) is 31.3 Å². The maximum Gasteiger partial charge on any atom is 0.320 e. The second-order valence-electron chi connectivity index (χ2n) is 16.1. The normalized spacial score (nSPS) is 18.9. The Morgan fingerprint density at radius 3 is 1.15 bits per heavy atom. The van der Waals surface area contributed by atoms with Gasteiger partial charge in [0, 0.05) is 19.8 Å². The van der Waals surface area contributed by atoms with Crippen LogP contribution in [0.4, 0.5) is 0 Å². The van der Waals surface area contributed by atoms with Crippen LogP contribution in [0.15, 0.2) is 0 Å². The first-order valence-electron chi connectivity index (χ1n) is 22.8. The van der Waals surface area contributed by atoms with Crippen molar-refractivity contribution in [3.63, 3.8) is 0 Å². The number of carbonyl (C=O) groups is 1. The van der Waals surface area contributed by atoms with Crippen LogP contribution in [-0.2, 0) is 28.5 Å². The molecular weight excluding hydrogens is 650 g/mol. The Kier molecular flexibility index (Phi) is 35.3. The standard InChI is InChI=1S/C45H89NO6/c1-6-9-12-15-18-21-24-27-30-33-36-48-43-41(40-51-42(47)39-46(4)5)52-45(50-38-35-32-29-26-23-20-17-14-11-8-3)44(43)49-37-34-31-28-25-22-19-16-13-10-7-2/h41,43-45H,6-40H2,1-5H3/t41-,43+,44+,45-/m1/s1. The molecule has 1 heterocycles. The maximum absolute atomic E-state index is 12.5. The minimum Gasteiger partial charge on any atom is -0.462 e. The highest BCUT2D eigenvalue weighted by atomic mass is 16.7. The minimum atomic E-state index is -0.503. The van der Waals surface area contributed by atoms with Gasteiger partial charge in [0.1, 0.15) is 24.9 Å². The first-order valence-corrected chi connectivity index (χ1v) is 22.8. The average molecular weight is 740 g/mol. The molecule has 310 valence electrons. The van der Waals surface area contributed by atoms with E-state index in [1.165, 1.54) is 173 Å². The molecule has 7 heteroatoms. The number of rotatable bonds is 40. The SMILES string of the molecule is CCCCCCCCCCCCO[C@@H]1O[C@H](COC(=O)CN(C)C)[C@H](OCCCCCCCCCCCC)[C@@H]1OCCCCCCCCCCCC. The molecule has 1 fully saturated rings. The van der Waals surface area contributed by atoms with Crippen molar-refractivity contribution in [2.24, 2.45) is 0 Å². The van der Waals surface area contributed by atoms with Crippen LogP contribution < -0.4 is 0 Å². The molecule has 0 aromatic heterocycles. The van der Waals surface area contributed by atoms with Crippen molar-refractivity contribution in [3.8, 4) is 0 Å². The number of hydrogen-bond acceptors (Lipinski definition) is 7. The molecule has 1 saturated heterocycles. The molecule has 7 nitrogen and oxygen atoms in total. The first-order chi connectivity index (χ1) is 25.5. The largest absolute Gasteiger partial charge is 0.462 e. The third-order valence-electron chi connectivity index (χ3n) is 10.5. The highest BCUT2D eigenvalue weighted by molar-refractivity contribution is 5.71. The molecule has 0 bridgehead atoms. The number of esters is 1. The summed E-state index contributed by atoms with van der Waals surface area (Å²) in [4.78, 5) is 14.3. The van der Waals surface area contributed by atoms with Gasteiger partial charge in [-0.1, -0.05) is 194 Å². The van der Waals surface area contributed by atoms with Crippen LogP contribution in [0.3, 0.4) is 0 Å². The molecule has 0 aromatic carbocycles. The lowest BCUT2D eigenvalue weighted by atomic mass is 10.1. The molecule has 4 atom stereocenters. The van der Waals surface area contributed by atoms with E-state index >= 15 is 0 Å². The summed E-state index contributed by atoms with van der Waals surface area (Å²) in [5.74, 6) is -0.250. The zero-order valence-electron chi connectivity index (χ0n) is 35.5. The van der Waals surface area contributed by atoms with Gasteiger partial charge in [-0.25, -0.2) is 0 Å². The molecule has 0 spiro atoms. The van der Waals surface area contributed by atoms with Crippen molar-refractivity contribution in [3.05, 3.63) is 0 Å². The first kappa shape index (κ1) is 49.3. The van der Waals surface area contributed by atoms with E-state index in [2.05, 4.69) is 20.8 Å². The van der Waals surface area contributed by atoms with Gasteiger partial charge < -0.3 is 23.7 Å². The average Bonchev–Trinajstić information content (AvgIpc) is 3.46. The molecule has 0 N–H and O–H groups in total. The Hall–Kier alpha value is -0.730. The second-order valence-corrected chi connectivity index (χ2v) is 16.1. The number of unbranched alkanes of at least 4 members (excludes halogenated alkanes) is 27. The molecular formula is C45H89NO6. The highest BCUT2D eigenvalue weighted by Crippen LogP contribution is 2.29. The molecule has 0 saturated carbocycles. The highest BCUT2D eigenvalue weighted by Gasteiger charge is 2.47. The van der Waals surface area contributed by atoms with Crippen molar-refractivity contribution in [1.82, 2.24) is 4.90 Å². The van der Waals surface area contributed by atoms with Crippen LogP contribution in [0.25, 0.3) is 0 Å². The summed E-state index contributed by atoms with van der Waals surface area (Å²) in [5.41, 5.74) is 0. The topological polar surface area (TPSA) is 66.5 Å². The zero-order chi connectivity index (χ0) is 37.7. The number of carbonyl (C=O) groups excluding carboxylic acids is 1. The van der Waals surface area contributed by atoms with E-state index < -0.39 is 12.4 Å². The van der Waals surface area contributed by atoms with E-state index in [1.807, 2.05) is 19.0 Å². The van der Waals surface area contributed by atoms with Gasteiger partial charge in [-0.15, -0.1) is 0 Å². The lowest BCUT2D eigenvalue weighted by Gasteiger charge is -2.25. The molecule has 0 radical (unpaired) electrons. The summed E-state index contributed by atoms with van der Waals surface area (Å²) in [6.45, 7) is 9.22. The number of ether oxygens (including phenoxy) is 5. The monoisotopic (exact) mass is 740 g/mol. The predicted octanol–water partition coefficient (Wildman–Crippen LogP) is 12.4. The third-order valence-corrected chi connectivity index (χ3v) is 10.5. The summed E-state index contributed by atoms with van der Waals surface area (Å²) in [7, 11) is 3.75. The molecule has 0 amide bonds. The van der Waals surface area contributed by atoms with E-state index in [0.717, 1.165) is 19.3 Å². The van der Waals surface area contributed by atoms with Gasteiger partial charge in [0.15, 0.2) is 6.29 Å². The Labute approximate surface area is 323 Å². The zero-order valence-corrected chi connectivity index (χ0v) is 35.5. The van der Waals surface area contributed by atoms with Gasteiger partial charge in [0.25, 0.3) is 0 Å². The van der Waals surface area contributed by atoms with Crippen LogP contribution >= 0.6 is 0 Å². The fraction of sp³-hybridized carbons (Fsp3) is 0.978. The van der Waals surface area contributed by atoms with Gasteiger partial charge >= 0.3 is 5.97 Å². The van der Waals surface area contributed by atoms with Crippen molar-refractivity contribution in [2.45, 2.75) is 238 Å². The molecule has 0 aromatic rings. The maximum atomic E-state index is 12.5. The lowest BCUT2D eigenvalue weighted by molar-refractivity contribution is -0.184. The number of nitrogens with zero attached hydrogens (tertiary/aromatic N) is 1. The van der Waals surface area contributed by atoms with Crippen LogP contribution in [0.2, 0.25) is 0 Å². The van der Waals surface area contributed by atoms with Gasteiger partial charge in [-0.3, -0.25) is 9.69 Å². The van der Waals surface area contributed by atoms with Crippen LogP contribution in [0.5, 0.6) is 0 Å². The van der Waals surface area contributed by atoms with E-state index in [4.69, 9.17) is 23.7 Å². The number of likely N-dealkylation sites (N-methyl/N-ethyl adjacent to an activating group) is 1. The van der Waals surface area contributed by atoms with Gasteiger partial charge in [-0.05, 0) is 33.4 Å². The molecule has 1 aliphatic rings. The minimum absolute atomic E-state index is 0.158. The van der Waals surface area contributed by atoms with Crippen LogP contribution in [-0.4, -0.2) is 82.5 Å². The smallest absolute Gasteiger partial charge is 0.320 e. The van der Waals surface area contributed by atoms with Crippen LogP contribution in [0, 0.1) is 0 Å². The number of hydrogen-bond donors (Lipinski definition) is 0. The molecule has 1 rings (SSSR count). The summed E-state index contributed by atoms with van der Waals surface area (Å²) >= 11 is 0. The molecule has 1 aliphatic heterocycles.